The van der Waals surface area contributed by atoms with Crippen LogP contribution in [0.25, 0.3) is 0 Å². The van der Waals surface area contributed by atoms with Crippen molar-refractivity contribution in [2.45, 2.75) is 32.7 Å². The van der Waals surface area contributed by atoms with Gasteiger partial charge in [-0.05, 0) is 43.9 Å². The number of aliphatic imine (C=N–C) groups is 1. The average molecular weight is 389 g/mol. The second-order valence-corrected chi connectivity index (χ2v) is 7.14. The number of carbonyl (C=O) groups excluding carboxylic acids is 1. The number of piperazine rings is 1. The van der Waals surface area contributed by atoms with Crippen LogP contribution in [-0.4, -0.2) is 79.8 Å². The minimum Gasteiger partial charge on any atom is -0.450 e. The molecule has 0 saturated carbocycles. The van der Waals surface area contributed by atoms with Crippen molar-refractivity contribution in [2.24, 2.45) is 4.99 Å². The second-order valence-electron chi connectivity index (χ2n) is 7.14. The number of aromatic nitrogens is 1. The summed E-state index contributed by atoms with van der Waals surface area (Å²) in [5, 5.41) is 3.45. The fraction of sp³-hybridized carbons (Fsp3) is 0.650. The van der Waals surface area contributed by atoms with Gasteiger partial charge in [0.1, 0.15) is 5.82 Å². The van der Waals surface area contributed by atoms with Gasteiger partial charge in [-0.1, -0.05) is 0 Å². The fourth-order valence-electron chi connectivity index (χ4n) is 3.70. The van der Waals surface area contributed by atoms with Crippen molar-refractivity contribution in [1.29, 1.82) is 0 Å². The Labute approximate surface area is 167 Å². The minimum absolute atomic E-state index is 0.230. The van der Waals surface area contributed by atoms with Gasteiger partial charge in [0.2, 0.25) is 0 Å². The number of rotatable bonds is 4. The van der Waals surface area contributed by atoms with Crippen molar-refractivity contribution in [1.82, 2.24) is 20.1 Å². The van der Waals surface area contributed by atoms with Crippen LogP contribution >= 0.6 is 0 Å². The number of nitrogens with one attached hydrogen (secondary N) is 1. The normalized spacial score (nSPS) is 18.2. The van der Waals surface area contributed by atoms with Gasteiger partial charge in [-0.3, -0.25) is 4.99 Å². The van der Waals surface area contributed by atoms with Gasteiger partial charge in [-0.2, -0.15) is 0 Å². The molecule has 3 rings (SSSR count). The van der Waals surface area contributed by atoms with Crippen molar-refractivity contribution in [3.05, 3.63) is 23.9 Å². The molecule has 2 fully saturated rings. The summed E-state index contributed by atoms with van der Waals surface area (Å²) in [6, 6.07) is 4.22. The lowest BCUT2D eigenvalue weighted by atomic mass is 10.1. The predicted molar refractivity (Wildman–Crippen MR) is 111 cm³/mol. The molecule has 1 aromatic heterocycles. The molecule has 2 saturated heterocycles. The first-order valence-electron chi connectivity index (χ1n) is 10.3. The Hall–Kier alpha value is -2.51. The molecule has 2 aliphatic rings. The molecular formula is C20H32N6O2. The van der Waals surface area contributed by atoms with Gasteiger partial charge in [0.05, 0.1) is 6.61 Å². The number of guanidine groups is 1. The van der Waals surface area contributed by atoms with E-state index in [0.29, 0.717) is 26.2 Å². The van der Waals surface area contributed by atoms with Gasteiger partial charge in [0.25, 0.3) is 0 Å². The molecule has 1 aromatic rings. The van der Waals surface area contributed by atoms with E-state index < -0.39 is 0 Å². The third-order valence-electron chi connectivity index (χ3n) is 5.26. The standard InChI is InChI=1S/C20H32N6O2/c1-3-28-20(27)26-13-11-25(12-14-26)19(21-2)23-16-17-7-8-22-18(15-17)24-9-5-4-6-10-24/h7-8,15H,3-6,9-14,16H2,1-2H3,(H,21,23). The van der Waals surface area contributed by atoms with Crippen LogP contribution in [-0.2, 0) is 11.3 Å². The third kappa shape index (κ3) is 5.27. The highest BCUT2D eigenvalue weighted by Crippen LogP contribution is 2.18. The van der Waals surface area contributed by atoms with Crippen LogP contribution < -0.4 is 10.2 Å². The van der Waals surface area contributed by atoms with Gasteiger partial charge in [-0.15, -0.1) is 0 Å². The second kappa shape index (κ2) is 10.1. The summed E-state index contributed by atoms with van der Waals surface area (Å²) in [5.74, 6) is 1.93. The van der Waals surface area contributed by atoms with E-state index in [1.54, 1.807) is 11.9 Å². The molecule has 2 aliphatic heterocycles. The molecule has 8 heteroatoms. The summed E-state index contributed by atoms with van der Waals surface area (Å²) in [4.78, 5) is 27.1. The molecule has 0 radical (unpaired) electrons. The number of hydrogen-bond acceptors (Lipinski definition) is 5. The van der Waals surface area contributed by atoms with E-state index >= 15 is 0 Å². The zero-order chi connectivity index (χ0) is 19.8. The number of pyridine rings is 1. The average Bonchev–Trinajstić information content (AvgIpc) is 2.75. The van der Waals surface area contributed by atoms with Crippen LogP contribution in [0.3, 0.4) is 0 Å². The summed E-state index contributed by atoms with van der Waals surface area (Å²) in [5.41, 5.74) is 1.20. The molecule has 0 aromatic carbocycles. The maximum absolute atomic E-state index is 11.8. The van der Waals surface area contributed by atoms with Crippen molar-refractivity contribution in [2.75, 3.05) is 57.8 Å². The summed E-state index contributed by atoms with van der Waals surface area (Å²) in [6.07, 6.45) is 5.47. The van der Waals surface area contributed by atoms with Gasteiger partial charge >= 0.3 is 6.09 Å². The fourth-order valence-corrected chi connectivity index (χ4v) is 3.70. The number of ether oxygens (including phenoxy) is 1. The highest BCUT2D eigenvalue weighted by atomic mass is 16.6. The lowest BCUT2D eigenvalue weighted by Gasteiger charge is -2.35. The molecule has 1 N–H and O–H groups in total. The van der Waals surface area contributed by atoms with E-state index in [4.69, 9.17) is 4.74 Å². The number of amides is 1. The highest BCUT2D eigenvalue weighted by Gasteiger charge is 2.23. The summed E-state index contributed by atoms with van der Waals surface area (Å²) < 4.78 is 5.08. The molecule has 3 heterocycles. The Morgan fingerprint density at radius 3 is 2.54 bits per heavy atom. The number of nitrogens with zero attached hydrogens (tertiary/aromatic N) is 5. The number of hydrogen-bond donors (Lipinski definition) is 1. The molecule has 8 nitrogen and oxygen atoms in total. The molecule has 0 unspecified atom stereocenters. The lowest BCUT2D eigenvalue weighted by Crippen LogP contribution is -2.53. The van der Waals surface area contributed by atoms with Crippen LogP contribution in [0.2, 0.25) is 0 Å². The van der Waals surface area contributed by atoms with Gasteiger partial charge < -0.3 is 24.8 Å². The lowest BCUT2D eigenvalue weighted by molar-refractivity contribution is 0.0914. The molecule has 28 heavy (non-hydrogen) atoms. The minimum atomic E-state index is -0.230. The first-order chi connectivity index (χ1) is 13.7. The largest absolute Gasteiger partial charge is 0.450 e. The van der Waals surface area contributed by atoms with Gasteiger partial charge in [0, 0.05) is 59.1 Å². The van der Waals surface area contributed by atoms with Crippen molar-refractivity contribution in [3.8, 4) is 0 Å². The third-order valence-corrected chi connectivity index (χ3v) is 5.26. The maximum Gasteiger partial charge on any atom is 0.409 e. The maximum atomic E-state index is 11.8. The topological polar surface area (TPSA) is 73.3 Å². The number of piperidine rings is 1. The quantitative estimate of drug-likeness (QED) is 0.628. The van der Waals surface area contributed by atoms with Crippen LogP contribution in [0.1, 0.15) is 31.7 Å². The molecule has 0 aliphatic carbocycles. The Morgan fingerprint density at radius 1 is 1.14 bits per heavy atom. The van der Waals surface area contributed by atoms with Gasteiger partial charge in [-0.25, -0.2) is 9.78 Å². The number of carbonyl (C=O) groups is 1. The number of anilines is 1. The van der Waals surface area contributed by atoms with Crippen molar-refractivity contribution in [3.63, 3.8) is 0 Å². The van der Waals surface area contributed by atoms with Gasteiger partial charge in [0.15, 0.2) is 5.96 Å². The van der Waals surface area contributed by atoms with E-state index in [1.807, 2.05) is 19.2 Å². The predicted octanol–water partition coefficient (Wildman–Crippen LogP) is 1.92. The van der Waals surface area contributed by atoms with E-state index in [2.05, 4.69) is 31.2 Å². The monoisotopic (exact) mass is 388 g/mol. The van der Waals surface area contributed by atoms with Crippen molar-refractivity contribution < 1.29 is 9.53 Å². The first kappa shape index (κ1) is 20.2. The summed E-state index contributed by atoms with van der Waals surface area (Å²) in [6.45, 7) is 7.91. The molecule has 1 amide bonds. The van der Waals surface area contributed by atoms with E-state index in [-0.39, 0.29) is 6.09 Å². The van der Waals surface area contributed by atoms with E-state index in [1.165, 1.54) is 24.8 Å². The zero-order valence-electron chi connectivity index (χ0n) is 17.1. The van der Waals surface area contributed by atoms with Crippen LogP contribution in [0.4, 0.5) is 10.6 Å². The van der Waals surface area contributed by atoms with E-state index in [9.17, 15) is 4.79 Å². The summed E-state index contributed by atoms with van der Waals surface area (Å²) >= 11 is 0. The first-order valence-corrected chi connectivity index (χ1v) is 10.3. The van der Waals surface area contributed by atoms with Crippen LogP contribution in [0, 0.1) is 0 Å². The Kier molecular flexibility index (Phi) is 7.33. The Morgan fingerprint density at radius 2 is 1.86 bits per heavy atom. The summed E-state index contributed by atoms with van der Waals surface area (Å²) in [7, 11) is 1.80. The van der Waals surface area contributed by atoms with Crippen molar-refractivity contribution >= 4 is 17.9 Å². The molecule has 0 bridgehead atoms. The molecule has 154 valence electrons. The van der Waals surface area contributed by atoms with Crippen LogP contribution in [0.5, 0.6) is 0 Å². The van der Waals surface area contributed by atoms with Crippen LogP contribution in [0.15, 0.2) is 23.3 Å². The smallest absolute Gasteiger partial charge is 0.409 e. The highest BCUT2D eigenvalue weighted by molar-refractivity contribution is 5.80. The molecule has 0 spiro atoms. The molecule has 0 atom stereocenters. The Balaban J connectivity index is 1.51. The Bertz CT molecular complexity index is 666. The molecular weight excluding hydrogens is 356 g/mol. The SMILES string of the molecule is CCOC(=O)N1CCN(C(=NC)NCc2ccnc(N3CCCCC3)c2)CC1. The van der Waals surface area contributed by atoms with E-state index in [0.717, 1.165) is 38.0 Å². The zero-order valence-corrected chi connectivity index (χ0v) is 17.1.